The number of hydrogen-bond acceptors (Lipinski definition) is 9. The number of aliphatic hydroxyl groups is 1. The van der Waals surface area contributed by atoms with Crippen molar-refractivity contribution in [2.45, 2.75) is 6.92 Å². The fraction of sp³-hybridized carbons (Fsp3) is 0.278. The number of nitrogens with zero attached hydrogens (tertiary/aromatic N) is 5. The number of pyridine rings is 2. The molecule has 29 heavy (non-hydrogen) atoms. The molecule has 0 atom stereocenters. The van der Waals surface area contributed by atoms with Crippen LogP contribution < -0.4 is 10.3 Å². The van der Waals surface area contributed by atoms with Gasteiger partial charge in [-0.3, -0.25) is 9.36 Å². The summed E-state index contributed by atoms with van der Waals surface area (Å²) < 4.78 is 1.54. The average Bonchev–Trinajstić information content (AvgIpc) is 3.17. The van der Waals surface area contributed by atoms with Gasteiger partial charge in [-0.05, 0) is 18.6 Å². The van der Waals surface area contributed by atoms with Crippen molar-refractivity contribution in [3.63, 3.8) is 0 Å². The summed E-state index contributed by atoms with van der Waals surface area (Å²) in [6, 6.07) is 1.76. The van der Waals surface area contributed by atoms with Crippen LogP contribution in [-0.2, 0) is 4.84 Å². The van der Waals surface area contributed by atoms with Gasteiger partial charge in [-0.2, -0.15) is 0 Å². The van der Waals surface area contributed by atoms with Gasteiger partial charge in [-0.15, -0.1) is 11.3 Å². The molecular weight excluding hydrogens is 398 g/mol. The van der Waals surface area contributed by atoms with E-state index in [1.54, 1.807) is 29.1 Å². The predicted octanol–water partition coefficient (Wildman–Crippen LogP) is 1.03. The fourth-order valence-corrected chi connectivity index (χ4v) is 3.68. The average molecular weight is 415 g/mol. The molecule has 4 heterocycles. The lowest BCUT2D eigenvalue weighted by Gasteiger charge is -2.33. The number of anilines is 1. The number of hydrogen-bond donors (Lipinski definition) is 2. The normalized spacial score (nSPS) is 13.4. The summed E-state index contributed by atoms with van der Waals surface area (Å²) in [5.74, 6) is -0.652. The van der Waals surface area contributed by atoms with E-state index in [1.807, 2.05) is 4.90 Å². The first-order chi connectivity index (χ1) is 14.0. The molecule has 0 saturated carbocycles. The Kier molecular flexibility index (Phi) is 4.99. The number of oxime groups is 1. The monoisotopic (exact) mass is 415 g/mol. The second kappa shape index (κ2) is 7.60. The zero-order chi connectivity index (χ0) is 20.5. The van der Waals surface area contributed by atoms with E-state index in [2.05, 4.69) is 15.1 Å². The maximum absolute atomic E-state index is 12.8. The van der Waals surface area contributed by atoms with Crippen molar-refractivity contribution in [1.29, 1.82) is 0 Å². The SMILES string of the molecule is Cc1cc(N2CC(=NOCCO)C2)nc2c1c(=O)c(C(=O)O)cn2-c1nccs1. The largest absolute Gasteiger partial charge is 0.477 e. The summed E-state index contributed by atoms with van der Waals surface area (Å²) in [5.41, 5.74) is 0.901. The third-order valence-corrected chi connectivity index (χ3v) is 5.22. The summed E-state index contributed by atoms with van der Waals surface area (Å²) in [6.07, 6.45) is 2.87. The lowest BCUT2D eigenvalue weighted by Crippen LogP contribution is -2.48. The van der Waals surface area contributed by atoms with Crippen molar-refractivity contribution in [3.8, 4) is 5.13 Å². The zero-order valence-corrected chi connectivity index (χ0v) is 16.2. The van der Waals surface area contributed by atoms with Crippen LogP contribution in [0.5, 0.6) is 0 Å². The van der Waals surface area contributed by atoms with Crippen LogP contribution in [0.25, 0.3) is 16.2 Å². The maximum atomic E-state index is 12.8. The van der Waals surface area contributed by atoms with Crippen LogP contribution in [-0.4, -0.2) is 62.7 Å². The van der Waals surface area contributed by atoms with Gasteiger partial charge in [0.05, 0.1) is 30.8 Å². The van der Waals surface area contributed by atoms with Gasteiger partial charge >= 0.3 is 5.97 Å². The second-order valence-corrected chi connectivity index (χ2v) is 7.30. The highest BCUT2D eigenvalue weighted by atomic mass is 32.1. The molecule has 0 unspecified atom stereocenters. The topological polar surface area (TPSA) is 130 Å². The van der Waals surface area contributed by atoms with E-state index in [0.29, 0.717) is 35.2 Å². The molecule has 0 amide bonds. The minimum absolute atomic E-state index is 0.0987. The molecule has 0 spiro atoms. The van der Waals surface area contributed by atoms with Crippen molar-refractivity contribution in [2.75, 3.05) is 31.2 Å². The molecule has 4 rings (SSSR count). The van der Waals surface area contributed by atoms with Crippen molar-refractivity contribution < 1.29 is 19.8 Å². The van der Waals surface area contributed by atoms with Crippen molar-refractivity contribution in [1.82, 2.24) is 14.5 Å². The molecule has 1 aliphatic rings. The number of aromatic nitrogens is 3. The van der Waals surface area contributed by atoms with Crippen LogP contribution in [0, 0.1) is 6.92 Å². The number of carboxylic acids is 1. The van der Waals surface area contributed by atoms with E-state index in [-0.39, 0.29) is 24.2 Å². The van der Waals surface area contributed by atoms with E-state index in [1.165, 1.54) is 17.5 Å². The molecule has 0 bridgehead atoms. The molecule has 11 heteroatoms. The van der Waals surface area contributed by atoms with Gasteiger partial charge in [0.1, 0.15) is 18.0 Å². The van der Waals surface area contributed by atoms with E-state index in [4.69, 9.17) is 9.94 Å². The van der Waals surface area contributed by atoms with Crippen LogP contribution in [0.3, 0.4) is 0 Å². The van der Waals surface area contributed by atoms with Gasteiger partial charge in [0.25, 0.3) is 0 Å². The van der Waals surface area contributed by atoms with Crippen LogP contribution in [0.15, 0.2) is 33.8 Å². The van der Waals surface area contributed by atoms with Crippen LogP contribution in [0.4, 0.5) is 5.82 Å². The number of aliphatic hydroxyl groups excluding tert-OH is 1. The van der Waals surface area contributed by atoms with Crippen molar-refractivity contribution in [3.05, 3.63) is 45.2 Å². The maximum Gasteiger partial charge on any atom is 0.341 e. The molecular formula is C18H17N5O5S. The highest BCUT2D eigenvalue weighted by Crippen LogP contribution is 2.26. The molecule has 0 aromatic carbocycles. The molecule has 2 N–H and O–H groups in total. The Balaban J connectivity index is 1.80. The number of rotatable bonds is 6. The van der Waals surface area contributed by atoms with Gasteiger partial charge in [-0.1, -0.05) is 5.16 Å². The summed E-state index contributed by atoms with van der Waals surface area (Å²) in [6.45, 7) is 2.82. The van der Waals surface area contributed by atoms with Crippen LogP contribution >= 0.6 is 11.3 Å². The molecule has 1 saturated heterocycles. The Bertz CT molecular complexity index is 1160. The minimum atomic E-state index is -1.29. The quantitative estimate of drug-likeness (QED) is 0.451. The second-order valence-electron chi connectivity index (χ2n) is 6.43. The summed E-state index contributed by atoms with van der Waals surface area (Å²) in [5, 5.41) is 24.7. The molecule has 0 aliphatic carbocycles. The molecule has 10 nitrogen and oxygen atoms in total. The van der Waals surface area contributed by atoms with E-state index in [9.17, 15) is 14.7 Å². The highest BCUT2D eigenvalue weighted by Gasteiger charge is 2.26. The Labute approximate surface area is 168 Å². The summed E-state index contributed by atoms with van der Waals surface area (Å²) >= 11 is 1.32. The van der Waals surface area contributed by atoms with E-state index >= 15 is 0 Å². The van der Waals surface area contributed by atoms with Gasteiger partial charge in [0, 0.05) is 17.8 Å². The number of aryl methyl sites for hydroxylation is 1. The fourth-order valence-electron chi connectivity index (χ4n) is 3.06. The highest BCUT2D eigenvalue weighted by molar-refractivity contribution is 7.12. The molecule has 1 fully saturated rings. The number of aromatic carboxylic acids is 1. The Hall–Kier alpha value is -3.31. The third-order valence-electron chi connectivity index (χ3n) is 4.44. The van der Waals surface area contributed by atoms with Crippen LogP contribution in [0.2, 0.25) is 0 Å². The molecule has 150 valence electrons. The van der Waals surface area contributed by atoms with Crippen molar-refractivity contribution >= 4 is 39.9 Å². The number of carboxylic acid groups (broad SMARTS) is 1. The standard InChI is InChI=1S/C18H17N5O5S/c1-10-6-13(22-7-11(8-22)21-28-4-3-24)20-16-14(10)15(25)12(17(26)27)9-23(16)18-19-2-5-29-18/h2,5-6,9,24H,3-4,7-8H2,1H3,(H,26,27). The first-order valence-electron chi connectivity index (χ1n) is 8.73. The summed E-state index contributed by atoms with van der Waals surface area (Å²) in [7, 11) is 0. The van der Waals surface area contributed by atoms with Crippen molar-refractivity contribution in [2.24, 2.45) is 5.16 Å². The molecule has 0 radical (unpaired) electrons. The lowest BCUT2D eigenvalue weighted by atomic mass is 10.1. The van der Waals surface area contributed by atoms with Crippen LogP contribution in [0.1, 0.15) is 15.9 Å². The summed E-state index contributed by atoms with van der Waals surface area (Å²) in [4.78, 5) is 40.1. The first-order valence-corrected chi connectivity index (χ1v) is 9.61. The van der Waals surface area contributed by atoms with E-state index < -0.39 is 11.4 Å². The third kappa shape index (κ3) is 3.45. The number of thiazole rings is 1. The van der Waals surface area contributed by atoms with Gasteiger partial charge < -0.3 is 20.0 Å². The number of carbonyl (C=O) groups is 1. The van der Waals surface area contributed by atoms with Gasteiger partial charge in [-0.25, -0.2) is 14.8 Å². The Morgan fingerprint density at radius 3 is 2.86 bits per heavy atom. The predicted molar refractivity (Wildman–Crippen MR) is 107 cm³/mol. The molecule has 1 aliphatic heterocycles. The first kappa shape index (κ1) is 19.0. The number of fused-ring (bicyclic) bond motifs is 1. The Morgan fingerprint density at radius 2 is 2.21 bits per heavy atom. The molecule has 3 aromatic heterocycles. The van der Waals surface area contributed by atoms with Gasteiger partial charge in [0.15, 0.2) is 10.8 Å². The minimum Gasteiger partial charge on any atom is -0.477 e. The smallest absolute Gasteiger partial charge is 0.341 e. The lowest BCUT2D eigenvalue weighted by molar-refractivity contribution is 0.0695. The molecule has 3 aromatic rings. The Morgan fingerprint density at radius 1 is 1.41 bits per heavy atom. The van der Waals surface area contributed by atoms with Gasteiger partial charge in [0.2, 0.25) is 5.43 Å². The van der Waals surface area contributed by atoms with E-state index in [0.717, 1.165) is 5.71 Å². The zero-order valence-electron chi connectivity index (χ0n) is 15.4.